The van der Waals surface area contributed by atoms with E-state index in [1.54, 1.807) is 4.90 Å². The van der Waals surface area contributed by atoms with Gasteiger partial charge >= 0.3 is 0 Å². The van der Waals surface area contributed by atoms with E-state index in [1.165, 1.54) is 0 Å². The van der Waals surface area contributed by atoms with Crippen molar-refractivity contribution in [2.75, 3.05) is 6.54 Å². The highest BCUT2D eigenvalue weighted by atomic mass is 32.1. The second kappa shape index (κ2) is 6.66. The molecule has 0 aliphatic heterocycles. The van der Waals surface area contributed by atoms with Gasteiger partial charge in [-0.25, -0.2) is 0 Å². The Morgan fingerprint density at radius 1 is 1.32 bits per heavy atom. The van der Waals surface area contributed by atoms with E-state index in [1.807, 2.05) is 51.1 Å². The molecule has 0 saturated carbocycles. The van der Waals surface area contributed by atoms with E-state index in [9.17, 15) is 4.79 Å². The molecule has 0 fully saturated rings. The smallest absolute Gasteiger partial charge is 0.235 e. The summed E-state index contributed by atoms with van der Waals surface area (Å²) in [4.78, 5) is 14.7. The first kappa shape index (κ1) is 15.6. The van der Waals surface area contributed by atoms with Crippen LogP contribution in [0.4, 0.5) is 0 Å². The van der Waals surface area contributed by atoms with Gasteiger partial charge in [0, 0.05) is 13.1 Å². The maximum Gasteiger partial charge on any atom is 0.235 e. The minimum Gasteiger partial charge on any atom is -0.392 e. The highest BCUT2D eigenvalue weighted by molar-refractivity contribution is 7.80. The third-order valence-electron chi connectivity index (χ3n) is 3.61. The number of carbonyl (C=O) groups excluding carboxylic acids is 1. The molecule has 3 nitrogen and oxygen atoms in total. The van der Waals surface area contributed by atoms with Gasteiger partial charge in [-0.05, 0) is 25.8 Å². The number of carbonyl (C=O) groups is 1. The second-order valence-corrected chi connectivity index (χ2v) is 5.29. The summed E-state index contributed by atoms with van der Waals surface area (Å²) in [7, 11) is 0. The molecule has 2 N–H and O–H groups in total. The van der Waals surface area contributed by atoms with Crippen molar-refractivity contribution in [3.8, 4) is 0 Å². The Kier molecular flexibility index (Phi) is 5.48. The first-order valence-electron chi connectivity index (χ1n) is 6.58. The van der Waals surface area contributed by atoms with E-state index in [-0.39, 0.29) is 10.9 Å². The zero-order valence-electron chi connectivity index (χ0n) is 11.8. The molecule has 0 aliphatic carbocycles. The molecule has 1 amide bonds. The molecule has 0 bridgehead atoms. The average molecular weight is 278 g/mol. The third kappa shape index (κ3) is 3.53. The molecule has 19 heavy (non-hydrogen) atoms. The maximum atomic E-state index is 12.6. The average Bonchev–Trinajstić information content (AvgIpc) is 2.43. The highest BCUT2D eigenvalue weighted by Crippen LogP contribution is 2.25. The normalized spacial score (nSPS) is 13.6. The van der Waals surface area contributed by atoms with E-state index in [4.69, 9.17) is 18.0 Å². The molecule has 0 radical (unpaired) electrons. The van der Waals surface area contributed by atoms with Crippen LogP contribution in [0.5, 0.6) is 0 Å². The topological polar surface area (TPSA) is 46.3 Å². The van der Waals surface area contributed by atoms with E-state index in [0.717, 1.165) is 5.56 Å². The van der Waals surface area contributed by atoms with Gasteiger partial charge in [-0.1, -0.05) is 49.5 Å². The lowest BCUT2D eigenvalue weighted by atomic mass is 9.85. The minimum absolute atomic E-state index is 0.00820. The second-order valence-electron chi connectivity index (χ2n) is 4.85. The van der Waals surface area contributed by atoms with Crippen molar-refractivity contribution in [2.45, 2.75) is 33.7 Å². The fraction of sp³-hybridized carbons (Fsp3) is 0.467. The molecule has 0 saturated heterocycles. The van der Waals surface area contributed by atoms with Crippen molar-refractivity contribution in [1.29, 1.82) is 0 Å². The Bertz CT molecular complexity index is 447. The minimum atomic E-state index is -0.750. The lowest BCUT2D eigenvalue weighted by molar-refractivity contribution is -0.138. The van der Waals surface area contributed by atoms with Crippen molar-refractivity contribution in [1.82, 2.24) is 4.90 Å². The molecular weight excluding hydrogens is 256 g/mol. The number of thiocarbonyl (C=S) groups is 1. The van der Waals surface area contributed by atoms with Crippen LogP contribution in [-0.4, -0.2) is 22.3 Å². The summed E-state index contributed by atoms with van der Waals surface area (Å²) >= 11 is 5.07. The van der Waals surface area contributed by atoms with Crippen LogP contribution in [0, 0.1) is 5.41 Å². The van der Waals surface area contributed by atoms with E-state index < -0.39 is 5.41 Å². The molecule has 1 aromatic rings. The van der Waals surface area contributed by atoms with Crippen molar-refractivity contribution in [3.63, 3.8) is 0 Å². The zero-order valence-corrected chi connectivity index (χ0v) is 12.7. The predicted molar refractivity (Wildman–Crippen MR) is 82.7 cm³/mol. The van der Waals surface area contributed by atoms with Gasteiger partial charge < -0.3 is 10.6 Å². The predicted octanol–water partition coefficient (Wildman–Crippen LogP) is 2.74. The molecule has 4 heteroatoms. The van der Waals surface area contributed by atoms with Crippen LogP contribution in [-0.2, 0) is 11.3 Å². The van der Waals surface area contributed by atoms with Crippen LogP contribution in [0.3, 0.4) is 0 Å². The molecule has 1 atom stereocenters. The zero-order chi connectivity index (χ0) is 14.5. The van der Waals surface area contributed by atoms with Gasteiger partial charge in [0.2, 0.25) is 5.91 Å². The standard InChI is InChI=1S/C15H22N2OS/c1-4-15(3,13(16)19)14(18)17(5-2)11-12-9-7-6-8-10-12/h6-10H,4-5,11H2,1-3H3,(H2,16,19). The van der Waals surface area contributed by atoms with Gasteiger partial charge in [0.25, 0.3) is 0 Å². The van der Waals surface area contributed by atoms with Gasteiger partial charge in [-0.2, -0.15) is 0 Å². The highest BCUT2D eigenvalue weighted by Gasteiger charge is 2.37. The Morgan fingerprint density at radius 2 is 1.89 bits per heavy atom. The Morgan fingerprint density at radius 3 is 2.32 bits per heavy atom. The maximum absolute atomic E-state index is 12.6. The number of nitrogens with two attached hydrogens (primary N) is 1. The summed E-state index contributed by atoms with van der Waals surface area (Å²) in [5.41, 5.74) is 6.11. The molecule has 0 aromatic heterocycles. The lowest BCUT2D eigenvalue weighted by Gasteiger charge is -2.32. The number of benzene rings is 1. The van der Waals surface area contributed by atoms with E-state index in [0.29, 0.717) is 19.5 Å². The Balaban J connectivity index is 2.91. The monoisotopic (exact) mass is 278 g/mol. The van der Waals surface area contributed by atoms with Gasteiger partial charge in [0.05, 0.1) is 10.4 Å². The molecule has 1 aromatic carbocycles. The molecule has 0 spiro atoms. The number of hydrogen-bond donors (Lipinski definition) is 1. The van der Waals surface area contributed by atoms with Gasteiger partial charge in [0.15, 0.2) is 0 Å². The number of hydrogen-bond acceptors (Lipinski definition) is 2. The first-order chi connectivity index (χ1) is 8.95. The van der Waals surface area contributed by atoms with Crippen LogP contribution >= 0.6 is 12.2 Å². The summed E-state index contributed by atoms with van der Waals surface area (Å²) in [5, 5.41) is 0. The third-order valence-corrected chi connectivity index (χ3v) is 4.06. The van der Waals surface area contributed by atoms with Crippen LogP contribution in [0.2, 0.25) is 0 Å². The quantitative estimate of drug-likeness (QED) is 0.814. The van der Waals surface area contributed by atoms with Gasteiger partial charge in [-0.15, -0.1) is 0 Å². The lowest BCUT2D eigenvalue weighted by Crippen LogP contribution is -2.48. The summed E-state index contributed by atoms with van der Waals surface area (Å²) < 4.78 is 0. The largest absolute Gasteiger partial charge is 0.392 e. The first-order valence-corrected chi connectivity index (χ1v) is 6.99. The van der Waals surface area contributed by atoms with Crippen LogP contribution in [0.1, 0.15) is 32.8 Å². The van der Waals surface area contributed by atoms with Gasteiger partial charge in [0.1, 0.15) is 0 Å². The van der Waals surface area contributed by atoms with E-state index >= 15 is 0 Å². The Labute approximate surface area is 120 Å². The molecule has 0 heterocycles. The number of rotatable bonds is 6. The number of amides is 1. The van der Waals surface area contributed by atoms with Crippen molar-refractivity contribution < 1.29 is 4.79 Å². The van der Waals surface area contributed by atoms with Crippen LogP contribution in [0.15, 0.2) is 30.3 Å². The number of nitrogens with zero attached hydrogens (tertiary/aromatic N) is 1. The molecule has 0 aliphatic rings. The summed E-state index contributed by atoms with van der Waals surface area (Å²) in [6.07, 6.45) is 0.618. The van der Waals surface area contributed by atoms with E-state index in [2.05, 4.69) is 0 Å². The summed E-state index contributed by atoms with van der Waals surface area (Å²) in [6, 6.07) is 9.94. The fourth-order valence-corrected chi connectivity index (χ4v) is 2.14. The van der Waals surface area contributed by atoms with Gasteiger partial charge in [-0.3, -0.25) is 4.79 Å². The van der Waals surface area contributed by atoms with Crippen molar-refractivity contribution in [2.24, 2.45) is 11.1 Å². The molecule has 1 unspecified atom stereocenters. The van der Waals surface area contributed by atoms with Crippen molar-refractivity contribution >= 4 is 23.1 Å². The summed E-state index contributed by atoms with van der Waals surface area (Å²) in [5.74, 6) is 0.00820. The van der Waals surface area contributed by atoms with Crippen molar-refractivity contribution in [3.05, 3.63) is 35.9 Å². The SMILES string of the molecule is CCN(Cc1ccccc1)C(=O)C(C)(CC)C(N)=S. The molecular formula is C15H22N2OS. The Hall–Kier alpha value is -1.42. The molecule has 1 rings (SSSR count). The summed E-state index contributed by atoms with van der Waals surface area (Å²) in [6.45, 7) is 6.97. The molecule has 104 valence electrons. The van der Waals surface area contributed by atoms with Crippen LogP contribution < -0.4 is 5.73 Å². The fourth-order valence-electron chi connectivity index (χ4n) is 1.91. The van der Waals surface area contributed by atoms with Crippen LogP contribution in [0.25, 0.3) is 0 Å².